The van der Waals surface area contributed by atoms with E-state index in [9.17, 15) is 22.9 Å². The molecule has 1 heterocycles. The number of aromatic amines is 1. The Bertz CT molecular complexity index is 761. The highest BCUT2D eigenvalue weighted by Gasteiger charge is 2.22. The highest BCUT2D eigenvalue weighted by atomic mass is 32.2. The number of benzene rings is 1. The molecule has 0 radical (unpaired) electrons. The van der Waals surface area contributed by atoms with Gasteiger partial charge in [-0.2, -0.15) is 9.49 Å². The summed E-state index contributed by atoms with van der Waals surface area (Å²) in [5.41, 5.74) is -0.183. The molecule has 112 valence electrons. The van der Waals surface area contributed by atoms with Gasteiger partial charge in [-0.3, -0.25) is 15.2 Å². The monoisotopic (exact) mass is 314 g/mol. The predicted molar refractivity (Wildman–Crippen MR) is 70.4 cm³/mol. The molecular formula is C11H11FN4O4S. The van der Waals surface area contributed by atoms with E-state index in [0.29, 0.717) is 11.6 Å². The Balaban J connectivity index is 2.28. The first-order valence-corrected chi connectivity index (χ1v) is 7.24. The van der Waals surface area contributed by atoms with E-state index in [0.717, 1.165) is 12.1 Å². The SMILES string of the molecule is CC(NS(=O)(=O)c1ccc([N+](=O)[O-])c(F)c1)c1cn[nH]c1. The van der Waals surface area contributed by atoms with Crippen LogP contribution in [0.25, 0.3) is 0 Å². The lowest BCUT2D eigenvalue weighted by Gasteiger charge is -2.12. The Morgan fingerprint density at radius 1 is 1.48 bits per heavy atom. The largest absolute Gasteiger partial charge is 0.304 e. The third-order valence-corrected chi connectivity index (χ3v) is 4.32. The minimum absolute atomic E-state index is 0.388. The molecule has 0 aliphatic heterocycles. The van der Waals surface area contributed by atoms with Gasteiger partial charge in [0, 0.05) is 29.9 Å². The molecule has 1 atom stereocenters. The second-order valence-electron chi connectivity index (χ2n) is 4.24. The molecule has 1 aromatic carbocycles. The molecule has 1 unspecified atom stereocenters. The number of nitrogens with zero attached hydrogens (tertiary/aromatic N) is 2. The maximum Gasteiger partial charge on any atom is 0.304 e. The molecule has 0 saturated heterocycles. The standard InChI is InChI=1S/C11H11FN4O4S/c1-7(8-5-13-14-6-8)15-21(19,20)9-2-3-11(16(17)18)10(12)4-9/h2-7,15H,1H3,(H,13,14). The minimum atomic E-state index is -4.00. The van der Waals surface area contributed by atoms with Crippen molar-refractivity contribution in [1.29, 1.82) is 0 Å². The first-order valence-electron chi connectivity index (χ1n) is 5.76. The molecule has 2 N–H and O–H groups in total. The molecule has 2 rings (SSSR count). The van der Waals surface area contributed by atoms with Crippen LogP contribution in [-0.4, -0.2) is 23.5 Å². The van der Waals surface area contributed by atoms with Crippen molar-refractivity contribution in [3.8, 4) is 0 Å². The van der Waals surface area contributed by atoms with E-state index in [-0.39, 0.29) is 4.90 Å². The topological polar surface area (TPSA) is 118 Å². The fraction of sp³-hybridized carbons (Fsp3) is 0.182. The molecule has 0 aliphatic carbocycles. The quantitative estimate of drug-likeness (QED) is 0.640. The molecule has 0 spiro atoms. The molecule has 10 heteroatoms. The van der Waals surface area contributed by atoms with Crippen LogP contribution in [-0.2, 0) is 10.0 Å². The van der Waals surface area contributed by atoms with Crippen molar-refractivity contribution in [1.82, 2.24) is 14.9 Å². The Hall–Kier alpha value is -2.33. The van der Waals surface area contributed by atoms with Gasteiger partial charge < -0.3 is 0 Å². The number of nitro groups is 1. The van der Waals surface area contributed by atoms with Gasteiger partial charge in [0.15, 0.2) is 0 Å². The Kier molecular flexibility index (Phi) is 4.00. The van der Waals surface area contributed by atoms with E-state index in [1.165, 1.54) is 12.4 Å². The molecule has 2 aromatic rings. The smallest absolute Gasteiger partial charge is 0.285 e. The lowest BCUT2D eigenvalue weighted by molar-refractivity contribution is -0.387. The number of halogens is 1. The van der Waals surface area contributed by atoms with Crippen LogP contribution in [0.4, 0.5) is 10.1 Å². The van der Waals surface area contributed by atoms with Gasteiger partial charge in [-0.15, -0.1) is 0 Å². The van der Waals surface area contributed by atoms with Gasteiger partial charge in [0.2, 0.25) is 15.8 Å². The molecule has 0 amide bonds. The van der Waals surface area contributed by atoms with E-state index in [2.05, 4.69) is 14.9 Å². The van der Waals surface area contributed by atoms with Crippen LogP contribution < -0.4 is 4.72 Å². The van der Waals surface area contributed by atoms with E-state index in [4.69, 9.17) is 0 Å². The number of sulfonamides is 1. The Morgan fingerprint density at radius 3 is 2.71 bits per heavy atom. The number of aromatic nitrogens is 2. The summed E-state index contributed by atoms with van der Waals surface area (Å²) in [5, 5.41) is 16.7. The second-order valence-corrected chi connectivity index (χ2v) is 5.96. The van der Waals surface area contributed by atoms with Crippen LogP contribution in [0, 0.1) is 15.9 Å². The number of nitrogens with one attached hydrogen (secondary N) is 2. The highest BCUT2D eigenvalue weighted by Crippen LogP contribution is 2.22. The molecule has 21 heavy (non-hydrogen) atoms. The van der Waals surface area contributed by atoms with E-state index >= 15 is 0 Å². The van der Waals surface area contributed by atoms with Gasteiger partial charge in [0.25, 0.3) is 0 Å². The number of rotatable bonds is 5. The molecule has 0 aliphatic rings. The normalized spacial score (nSPS) is 13.0. The van der Waals surface area contributed by atoms with Crippen LogP contribution in [0.3, 0.4) is 0 Å². The third kappa shape index (κ3) is 3.23. The number of hydrogen-bond donors (Lipinski definition) is 2. The van der Waals surface area contributed by atoms with Crippen molar-refractivity contribution >= 4 is 15.7 Å². The van der Waals surface area contributed by atoms with Crippen molar-refractivity contribution < 1.29 is 17.7 Å². The summed E-state index contributed by atoms with van der Waals surface area (Å²) in [7, 11) is -4.00. The zero-order valence-electron chi connectivity index (χ0n) is 10.8. The molecule has 1 aromatic heterocycles. The first-order chi connectivity index (χ1) is 9.81. The van der Waals surface area contributed by atoms with Crippen LogP contribution in [0.15, 0.2) is 35.5 Å². The molecule has 0 fully saturated rings. The van der Waals surface area contributed by atoms with Crippen LogP contribution >= 0.6 is 0 Å². The maximum atomic E-state index is 13.5. The Labute approximate surface area is 119 Å². The third-order valence-electron chi connectivity index (χ3n) is 2.78. The average Bonchev–Trinajstić information content (AvgIpc) is 2.91. The summed E-state index contributed by atoms with van der Waals surface area (Å²) in [6.07, 6.45) is 2.97. The lowest BCUT2D eigenvalue weighted by Crippen LogP contribution is -2.26. The van der Waals surface area contributed by atoms with Crippen molar-refractivity contribution in [2.75, 3.05) is 0 Å². The number of nitro benzene ring substituents is 1. The summed E-state index contributed by atoms with van der Waals surface area (Å²) in [6.45, 7) is 1.59. The number of hydrogen-bond acceptors (Lipinski definition) is 5. The fourth-order valence-corrected chi connectivity index (χ4v) is 2.91. The first kappa shape index (κ1) is 15.1. The van der Waals surface area contributed by atoms with E-state index in [1.54, 1.807) is 6.92 Å². The molecule has 0 saturated carbocycles. The maximum absolute atomic E-state index is 13.5. The summed E-state index contributed by atoms with van der Waals surface area (Å²) in [5.74, 6) is -1.21. The van der Waals surface area contributed by atoms with Crippen molar-refractivity contribution in [2.24, 2.45) is 0 Å². The zero-order chi connectivity index (χ0) is 15.6. The lowest BCUT2D eigenvalue weighted by atomic mass is 10.2. The van der Waals surface area contributed by atoms with Gasteiger partial charge in [-0.05, 0) is 13.0 Å². The van der Waals surface area contributed by atoms with Crippen LogP contribution in [0.1, 0.15) is 18.5 Å². The van der Waals surface area contributed by atoms with Gasteiger partial charge in [0.05, 0.1) is 16.0 Å². The van der Waals surface area contributed by atoms with Crippen molar-refractivity contribution in [2.45, 2.75) is 17.9 Å². The van der Waals surface area contributed by atoms with E-state index < -0.39 is 32.5 Å². The van der Waals surface area contributed by atoms with Crippen molar-refractivity contribution in [3.05, 3.63) is 52.1 Å². The van der Waals surface area contributed by atoms with Gasteiger partial charge in [0.1, 0.15) is 0 Å². The second kappa shape index (κ2) is 5.58. The average molecular weight is 314 g/mol. The van der Waals surface area contributed by atoms with Gasteiger partial charge in [-0.25, -0.2) is 13.1 Å². The molecule has 0 bridgehead atoms. The fourth-order valence-electron chi connectivity index (χ4n) is 1.67. The highest BCUT2D eigenvalue weighted by molar-refractivity contribution is 7.89. The Morgan fingerprint density at radius 2 is 2.19 bits per heavy atom. The van der Waals surface area contributed by atoms with Crippen molar-refractivity contribution in [3.63, 3.8) is 0 Å². The zero-order valence-corrected chi connectivity index (χ0v) is 11.6. The summed E-state index contributed by atoms with van der Waals surface area (Å²) < 4.78 is 40.0. The molecular weight excluding hydrogens is 303 g/mol. The van der Waals surface area contributed by atoms with Crippen LogP contribution in [0.2, 0.25) is 0 Å². The van der Waals surface area contributed by atoms with Gasteiger partial charge in [-0.1, -0.05) is 0 Å². The summed E-state index contributed by atoms with van der Waals surface area (Å²) >= 11 is 0. The summed E-state index contributed by atoms with van der Waals surface area (Å²) in [6, 6.07) is 1.81. The number of H-pyrrole nitrogens is 1. The summed E-state index contributed by atoms with van der Waals surface area (Å²) in [4.78, 5) is 9.19. The van der Waals surface area contributed by atoms with E-state index in [1.807, 2.05) is 0 Å². The molecule has 8 nitrogen and oxygen atoms in total. The van der Waals surface area contributed by atoms with Crippen LogP contribution in [0.5, 0.6) is 0 Å². The van der Waals surface area contributed by atoms with Gasteiger partial charge >= 0.3 is 5.69 Å². The predicted octanol–water partition coefficient (Wildman–Crippen LogP) is 1.50. The minimum Gasteiger partial charge on any atom is -0.285 e.